The van der Waals surface area contributed by atoms with Crippen LogP contribution in [0.2, 0.25) is 0 Å². The van der Waals surface area contributed by atoms with Crippen LogP contribution in [-0.2, 0) is 4.74 Å². The zero-order valence-corrected chi connectivity index (χ0v) is 13.8. The van der Waals surface area contributed by atoms with Crippen LogP contribution in [0.1, 0.15) is 25.3 Å². The van der Waals surface area contributed by atoms with Gasteiger partial charge in [0.25, 0.3) is 0 Å². The molecule has 1 aliphatic carbocycles. The van der Waals surface area contributed by atoms with Crippen molar-refractivity contribution >= 4 is 34.5 Å². The average Bonchev–Trinajstić information content (AvgIpc) is 3.25. The first kappa shape index (κ1) is 16.2. The van der Waals surface area contributed by atoms with E-state index in [9.17, 15) is 0 Å². The number of hydrogen-bond acceptors (Lipinski definition) is 5. The molecule has 3 aromatic rings. The van der Waals surface area contributed by atoms with Crippen molar-refractivity contribution in [3.05, 3.63) is 18.5 Å². The predicted molar refractivity (Wildman–Crippen MR) is 91.0 cm³/mol. The summed E-state index contributed by atoms with van der Waals surface area (Å²) in [5, 5.41) is 13.3. The molecule has 0 radical (unpaired) electrons. The lowest BCUT2D eigenvalue weighted by molar-refractivity contribution is 0.195. The van der Waals surface area contributed by atoms with Gasteiger partial charge in [-0.25, -0.2) is 9.67 Å². The molecule has 2 atom stereocenters. The predicted octanol–water partition coefficient (Wildman–Crippen LogP) is 2.06. The number of halogens is 1. The van der Waals surface area contributed by atoms with Gasteiger partial charge < -0.3 is 15.0 Å². The number of fused-ring (bicyclic) bond motifs is 3. The number of aromatic amines is 1. The summed E-state index contributed by atoms with van der Waals surface area (Å²) >= 11 is 0. The number of aromatic nitrogens is 5. The molecule has 3 aromatic heterocycles. The maximum absolute atomic E-state index is 5.10. The molecule has 1 saturated carbocycles. The van der Waals surface area contributed by atoms with Gasteiger partial charge >= 0.3 is 0 Å². The van der Waals surface area contributed by atoms with Crippen molar-refractivity contribution in [2.45, 2.75) is 31.3 Å². The number of hydrogen-bond donors (Lipinski definition) is 2. The molecule has 4 rings (SSSR count). The van der Waals surface area contributed by atoms with Gasteiger partial charge in [0.2, 0.25) is 0 Å². The van der Waals surface area contributed by atoms with Gasteiger partial charge in [0, 0.05) is 31.3 Å². The van der Waals surface area contributed by atoms with Gasteiger partial charge in [0.1, 0.15) is 16.7 Å². The number of nitrogens with one attached hydrogen (secondary N) is 2. The van der Waals surface area contributed by atoms with Gasteiger partial charge in [0.05, 0.1) is 18.8 Å². The van der Waals surface area contributed by atoms with Crippen molar-refractivity contribution in [2.75, 3.05) is 20.3 Å². The smallest absolute Gasteiger partial charge is 0.139 e. The van der Waals surface area contributed by atoms with Gasteiger partial charge in [-0.1, -0.05) is 5.21 Å². The number of rotatable bonds is 5. The highest BCUT2D eigenvalue weighted by Gasteiger charge is 2.28. The van der Waals surface area contributed by atoms with E-state index in [-0.39, 0.29) is 12.4 Å². The monoisotopic (exact) mass is 336 g/mol. The molecule has 23 heavy (non-hydrogen) atoms. The second-order valence-electron chi connectivity index (χ2n) is 5.88. The number of H-pyrrole nitrogens is 1. The summed E-state index contributed by atoms with van der Waals surface area (Å²) in [6.07, 6.45) is 7.07. The minimum atomic E-state index is 0. The Hall–Kier alpha value is -1.70. The highest BCUT2D eigenvalue weighted by Crippen LogP contribution is 2.33. The van der Waals surface area contributed by atoms with Crippen LogP contribution in [0.15, 0.2) is 18.5 Å². The lowest BCUT2D eigenvalue weighted by atomic mass is 10.2. The normalized spacial score (nSPS) is 21.1. The van der Waals surface area contributed by atoms with Crippen LogP contribution in [0.3, 0.4) is 0 Å². The highest BCUT2D eigenvalue weighted by atomic mass is 35.5. The van der Waals surface area contributed by atoms with E-state index in [0.717, 1.165) is 54.5 Å². The van der Waals surface area contributed by atoms with Crippen molar-refractivity contribution in [1.29, 1.82) is 0 Å². The van der Waals surface area contributed by atoms with Gasteiger partial charge in [-0.15, -0.1) is 17.5 Å². The lowest BCUT2D eigenvalue weighted by Crippen LogP contribution is -2.29. The first-order valence-electron chi connectivity index (χ1n) is 7.76. The van der Waals surface area contributed by atoms with Crippen LogP contribution in [0, 0.1) is 0 Å². The van der Waals surface area contributed by atoms with Crippen molar-refractivity contribution in [3.8, 4) is 0 Å². The fraction of sp³-hybridized carbons (Fsp3) is 0.533. The Bertz CT molecular complexity index is 785. The molecule has 0 aromatic carbocycles. The van der Waals surface area contributed by atoms with Crippen LogP contribution in [0.25, 0.3) is 22.1 Å². The molecule has 8 heteroatoms. The summed E-state index contributed by atoms with van der Waals surface area (Å²) in [5.74, 6) is 0. The van der Waals surface area contributed by atoms with Gasteiger partial charge in [-0.05, 0) is 25.3 Å². The second kappa shape index (κ2) is 6.82. The molecule has 0 spiro atoms. The molecule has 1 fully saturated rings. The highest BCUT2D eigenvalue weighted by molar-refractivity contribution is 6.00. The van der Waals surface area contributed by atoms with Crippen molar-refractivity contribution in [1.82, 2.24) is 30.3 Å². The third kappa shape index (κ3) is 2.91. The Balaban J connectivity index is 0.00000156. The van der Waals surface area contributed by atoms with E-state index < -0.39 is 0 Å². The third-order valence-corrected chi connectivity index (χ3v) is 4.51. The topological polar surface area (TPSA) is 80.7 Å². The molecule has 2 unspecified atom stereocenters. The quantitative estimate of drug-likeness (QED) is 0.697. The summed E-state index contributed by atoms with van der Waals surface area (Å²) < 4.78 is 7.19. The van der Waals surface area contributed by atoms with E-state index >= 15 is 0 Å². The van der Waals surface area contributed by atoms with Crippen molar-refractivity contribution in [3.63, 3.8) is 0 Å². The largest absolute Gasteiger partial charge is 0.383 e. The Morgan fingerprint density at radius 3 is 3.22 bits per heavy atom. The SMILES string of the molecule is COCCNC1CCC(n2nnc3cnc4[nH]ccc4c32)C1.Cl. The van der Waals surface area contributed by atoms with Gasteiger partial charge in [-0.2, -0.15) is 0 Å². The van der Waals surface area contributed by atoms with Gasteiger partial charge in [0.15, 0.2) is 0 Å². The van der Waals surface area contributed by atoms with E-state index in [1.54, 1.807) is 13.3 Å². The van der Waals surface area contributed by atoms with Crippen molar-refractivity contribution < 1.29 is 4.74 Å². The number of ether oxygens (including phenoxy) is 1. The number of methoxy groups -OCH3 is 1. The maximum Gasteiger partial charge on any atom is 0.139 e. The first-order chi connectivity index (χ1) is 10.9. The Kier molecular flexibility index (Phi) is 4.79. The summed E-state index contributed by atoms with van der Waals surface area (Å²) in [5.41, 5.74) is 2.85. The molecule has 124 valence electrons. The summed E-state index contributed by atoms with van der Waals surface area (Å²) in [6.45, 7) is 1.65. The van der Waals surface area contributed by atoms with Crippen LogP contribution in [-0.4, -0.2) is 51.3 Å². The van der Waals surface area contributed by atoms with E-state index in [1.165, 1.54) is 0 Å². The summed E-state index contributed by atoms with van der Waals surface area (Å²) in [6, 6.07) is 2.97. The van der Waals surface area contributed by atoms with Crippen LogP contribution < -0.4 is 5.32 Å². The van der Waals surface area contributed by atoms with E-state index in [4.69, 9.17) is 4.74 Å². The van der Waals surface area contributed by atoms with E-state index in [1.807, 2.05) is 12.3 Å². The van der Waals surface area contributed by atoms with E-state index in [0.29, 0.717) is 12.1 Å². The van der Waals surface area contributed by atoms with Gasteiger partial charge in [-0.3, -0.25) is 0 Å². The van der Waals surface area contributed by atoms with Crippen LogP contribution >= 0.6 is 12.4 Å². The molecule has 7 nitrogen and oxygen atoms in total. The summed E-state index contributed by atoms with van der Waals surface area (Å²) in [7, 11) is 1.73. The summed E-state index contributed by atoms with van der Waals surface area (Å²) in [4.78, 5) is 7.53. The molecule has 1 aliphatic rings. The molecular weight excluding hydrogens is 316 g/mol. The Labute approximate surface area is 140 Å². The second-order valence-corrected chi connectivity index (χ2v) is 5.88. The van der Waals surface area contributed by atoms with E-state index in [2.05, 4.69) is 30.3 Å². The Morgan fingerprint density at radius 2 is 2.35 bits per heavy atom. The maximum atomic E-state index is 5.10. The van der Waals surface area contributed by atoms with Crippen LogP contribution in [0.4, 0.5) is 0 Å². The van der Waals surface area contributed by atoms with Crippen molar-refractivity contribution in [2.24, 2.45) is 0 Å². The fourth-order valence-electron chi connectivity index (χ4n) is 3.42. The average molecular weight is 337 g/mol. The van der Waals surface area contributed by atoms with Crippen LogP contribution in [0.5, 0.6) is 0 Å². The minimum absolute atomic E-state index is 0. The molecular formula is C15H21ClN6O. The zero-order chi connectivity index (χ0) is 14.9. The molecule has 0 amide bonds. The minimum Gasteiger partial charge on any atom is -0.383 e. The molecule has 3 heterocycles. The molecule has 0 saturated heterocycles. The molecule has 0 bridgehead atoms. The number of pyridine rings is 1. The first-order valence-corrected chi connectivity index (χ1v) is 7.76. The lowest BCUT2D eigenvalue weighted by Gasteiger charge is -2.14. The third-order valence-electron chi connectivity index (χ3n) is 4.51. The number of nitrogens with zero attached hydrogens (tertiary/aromatic N) is 4. The standard InChI is InChI=1S/C15H20N6O.ClH/c1-22-7-6-16-10-2-3-11(8-10)21-14-12-4-5-17-15(12)18-9-13(14)19-20-21;/h4-5,9-11,16H,2-3,6-8H2,1H3,(H,17,18);1H. The molecule has 2 N–H and O–H groups in total. The molecule has 0 aliphatic heterocycles. The fourth-order valence-corrected chi connectivity index (χ4v) is 3.42. The Morgan fingerprint density at radius 1 is 1.43 bits per heavy atom. The zero-order valence-electron chi connectivity index (χ0n) is 13.0.